The van der Waals surface area contributed by atoms with Crippen molar-refractivity contribution in [2.24, 2.45) is 5.73 Å². The Morgan fingerprint density at radius 1 is 1.35 bits per heavy atom. The molecule has 1 aromatic heterocycles. The minimum absolute atomic E-state index is 0.367. The second-order valence-corrected chi connectivity index (χ2v) is 4.58. The van der Waals surface area contributed by atoms with Gasteiger partial charge in [-0.2, -0.15) is 4.98 Å². The zero-order valence-corrected chi connectivity index (χ0v) is 10.5. The van der Waals surface area contributed by atoms with Crippen molar-refractivity contribution < 1.29 is 4.74 Å². The molecule has 17 heavy (non-hydrogen) atoms. The molecule has 2 N–H and O–H groups in total. The molecule has 2 rings (SSSR count). The number of nitrogens with zero attached hydrogens (tertiary/aromatic N) is 3. The second kappa shape index (κ2) is 5.31. The summed E-state index contributed by atoms with van der Waals surface area (Å²) in [5, 5.41) is 0. The first-order chi connectivity index (χ1) is 8.20. The van der Waals surface area contributed by atoms with Gasteiger partial charge in [-0.25, -0.2) is 4.98 Å². The largest absolute Gasteiger partial charge is 0.481 e. The Hall–Kier alpha value is -1.36. The van der Waals surface area contributed by atoms with Crippen molar-refractivity contribution in [1.29, 1.82) is 0 Å². The second-order valence-electron chi connectivity index (χ2n) is 4.58. The number of ether oxygens (including phenoxy) is 1. The molecule has 94 valence electrons. The Balaban J connectivity index is 2.05. The number of nitrogens with two attached hydrogens (primary N) is 1. The van der Waals surface area contributed by atoms with Gasteiger partial charge in [0.25, 0.3) is 0 Å². The molecule has 1 heterocycles. The highest BCUT2D eigenvalue weighted by Crippen LogP contribution is 2.24. The number of hydrogen-bond donors (Lipinski definition) is 1. The van der Waals surface area contributed by atoms with Crippen LogP contribution in [0.15, 0.2) is 12.3 Å². The molecule has 1 aliphatic rings. The van der Waals surface area contributed by atoms with Gasteiger partial charge in [0, 0.05) is 31.4 Å². The Morgan fingerprint density at radius 2 is 2.06 bits per heavy atom. The highest BCUT2D eigenvalue weighted by atomic mass is 16.5. The molecule has 0 radical (unpaired) electrons. The molecule has 0 bridgehead atoms. The maximum absolute atomic E-state index is 5.91. The van der Waals surface area contributed by atoms with Crippen LogP contribution in [0.1, 0.15) is 25.7 Å². The summed E-state index contributed by atoms with van der Waals surface area (Å²) >= 11 is 0. The standard InChI is InChI=1S/C12H20N4O/c1-16(10-5-3-9(13)4-6-10)12-14-8-7-11(15-12)17-2/h7-10H,3-6,13H2,1-2H3. The molecule has 0 aromatic carbocycles. The lowest BCUT2D eigenvalue weighted by atomic mass is 9.91. The van der Waals surface area contributed by atoms with E-state index in [1.54, 1.807) is 19.4 Å². The summed E-state index contributed by atoms with van der Waals surface area (Å²) in [4.78, 5) is 10.8. The summed E-state index contributed by atoms with van der Waals surface area (Å²) in [6.07, 6.45) is 6.11. The maximum Gasteiger partial charge on any atom is 0.228 e. The Morgan fingerprint density at radius 3 is 2.71 bits per heavy atom. The lowest BCUT2D eigenvalue weighted by Crippen LogP contribution is -2.39. The van der Waals surface area contributed by atoms with E-state index in [4.69, 9.17) is 10.5 Å². The van der Waals surface area contributed by atoms with Crippen molar-refractivity contribution in [1.82, 2.24) is 9.97 Å². The van der Waals surface area contributed by atoms with E-state index < -0.39 is 0 Å². The van der Waals surface area contributed by atoms with Crippen LogP contribution in [0.2, 0.25) is 0 Å². The highest BCUT2D eigenvalue weighted by Gasteiger charge is 2.23. The quantitative estimate of drug-likeness (QED) is 0.854. The molecule has 0 unspecified atom stereocenters. The molecule has 0 aliphatic heterocycles. The topological polar surface area (TPSA) is 64.3 Å². The Kier molecular flexibility index (Phi) is 3.78. The average molecular weight is 236 g/mol. The summed E-state index contributed by atoms with van der Waals surface area (Å²) in [5.74, 6) is 1.33. The van der Waals surface area contributed by atoms with E-state index >= 15 is 0 Å². The van der Waals surface area contributed by atoms with Gasteiger partial charge in [-0.15, -0.1) is 0 Å². The normalized spacial score (nSPS) is 24.4. The maximum atomic E-state index is 5.91. The first kappa shape index (κ1) is 12.1. The highest BCUT2D eigenvalue weighted by molar-refractivity contribution is 5.32. The summed E-state index contributed by atoms with van der Waals surface area (Å²) in [6.45, 7) is 0. The Labute approximate surface area is 102 Å². The molecule has 1 aliphatic carbocycles. The van der Waals surface area contributed by atoms with Gasteiger partial charge >= 0.3 is 0 Å². The fraction of sp³-hybridized carbons (Fsp3) is 0.667. The van der Waals surface area contributed by atoms with Crippen LogP contribution in [0.4, 0.5) is 5.95 Å². The number of hydrogen-bond acceptors (Lipinski definition) is 5. The molecule has 0 spiro atoms. The third-order valence-electron chi connectivity index (χ3n) is 3.43. The summed E-state index contributed by atoms with van der Waals surface area (Å²) in [5.41, 5.74) is 5.91. The van der Waals surface area contributed by atoms with E-state index in [1.165, 1.54) is 0 Å². The summed E-state index contributed by atoms with van der Waals surface area (Å²) in [7, 11) is 3.65. The number of aromatic nitrogens is 2. The Bertz CT molecular complexity index is 363. The molecule has 5 heteroatoms. The predicted molar refractivity (Wildman–Crippen MR) is 67.2 cm³/mol. The summed E-state index contributed by atoms with van der Waals surface area (Å²) < 4.78 is 5.11. The number of rotatable bonds is 3. The van der Waals surface area contributed by atoms with E-state index in [0.29, 0.717) is 18.0 Å². The van der Waals surface area contributed by atoms with Gasteiger partial charge in [0.1, 0.15) is 0 Å². The zero-order valence-electron chi connectivity index (χ0n) is 10.5. The van der Waals surface area contributed by atoms with Crippen molar-refractivity contribution in [2.45, 2.75) is 37.8 Å². The van der Waals surface area contributed by atoms with Crippen molar-refractivity contribution >= 4 is 5.95 Å². The van der Waals surface area contributed by atoms with Gasteiger partial charge in [-0.05, 0) is 25.7 Å². The third-order valence-corrected chi connectivity index (χ3v) is 3.43. The van der Waals surface area contributed by atoms with E-state index in [9.17, 15) is 0 Å². The van der Waals surface area contributed by atoms with Crippen LogP contribution in [0.5, 0.6) is 5.88 Å². The molecule has 0 atom stereocenters. The fourth-order valence-electron chi connectivity index (χ4n) is 2.27. The SMILES string of the molecule is COc1ccnc(N(C)C2CCC(N)CC2)n1. The van der Waals surface area contributed by atoms with Gasteiger partial charge < -0.3 is 15.4 Å². The average Bonchev–Trinajstić information content (AvgIpc) is 2.39. The molecule has 5 nitrogen and oxygen atoms in total. The first-order valence-corrected chi connectivity index (χ1v) is 6.06. The van der Waals surface area contributed by atoms with Gasteiger partial charge in [0.15, 0.2) is 0 Å². The van der Waals surface area contributed by atoms with Gasteiger partial charge in [0.2, 0.25) is 11.8 Å². The number of methoxy groups -OCH3 is 1. The smallest absolute Gasteiger partial charge is 0.228 e. The first-order valence-electron chi connectivity index (χ1n) is 6.06. The molecule has 1 aromatic rings. The molecular weight excluding hydrogens is 216 g/mol. The molecule has 0 amide bonds. The summed E-state index contributed by atoms with van der Waals surface area (Å²) in [6, 6.07) is 2.61. The fourth-order valence-corrected chi connectivity index (χ4v) is 2.27. The van der Waals surface area contributed by atoms with E-state index in [-0.39, 0.29) is 0 Å². The lowest BCUT2D eigenvalue weighted by molar-refractivity contribution is 0.377. The van der Waals surface area contributed by atoms with Crippen LogP contribution in [0.3, 0.4) is 0 Å². The van der Waals surface area contributed by atoms with Crippen LogP contribution in [-0.4, -0.2) is 36.2 Å². The van der Waals surface area contributed by atoms with Crippen LogP contribution in [0, 0.1) is 0 Å². The van der Waals surface area contributed by atoms with Crippen LogP contribution >= 0.6 is 0 Å². The van der Waals surface area contributed by atoms with Crippen LogP contribution in [0.25, 0.3) is 0 Å². The van der Waals surface area contributed by atoms with Gasteiger partial charge in [-0.3, -0.25) is 0 Å². The number of anilines is 1. The van der Waals surface area contributed by atoms with E-state index in [0.717, 1.165) is 31.6 Å². The van der Waals surface area contributed by atoms with Crippen molar-refractivity contribution in [3.05, 3.63) is 12.3 Å². The molecule has 1 fully saturated rings. The molecule has 0 saturated heterocycles. The van der Waals surface area contributed by atoms with Crippen molar-refractivity contribution in [3.63, 3.8) is 0 Å². The van der Waals surface area contributed by atoms with Crippen LogP contribution in [-0.2, 0) is 0 Å². The zero-order chi connectivity index (χ0) is 12.3. The third kappa shape index (κ3) is 2.85. The van der Waals surface area contributed by atoms with Crippen molar-refractivity contribution in [2.75, 3.05) is 19.1 Å². The van der Waals surface area contributed by atoms with Gasteiger partial charge in [-0.1, -0.05) is 0 Å². The van der Waals surface area contributed by atoms with E-state index in [1.807, 2.05) is 7.05 Å². The molecular formula is C12H20N4O. The minimum atomic E-state index is 0.367. The molecule has 1 saturated carbocycles. The lowest BCUT2D eigenvalue weighted by Gasteiger charge is -2.33. The predicted octanol–water partition coefficient (Wildman–Crippen LogP) is 1.19. The van der Waals surface area contributed by atoms with Crippen LogP contribution < -0.4 is 15.4 Å². The van der Waals surface area contributed by atoms with Gasteiger partial charge in [0.05, 0.1) is 7.11 Å². The van der Waals surface area contributed by atoms with Crippen molar-refractivity contribution in [3.8, 4) is 5.88 Å². The van der Waals surface area contributed by atoms with E-state index in [2.05, 4.69) is 14.9 Å². The monoisotopic (exact) mass is 236 g/mol. The minimum Gasteiger partial charge on any atom is -0.481 e.